The number of likely N-dealkylation sites (N-methyl/N-ethyl adjacent to an activating group) is 1. The van der Waals surface area contributed by atoms with E-state index >= 15 is 0 Å². The molecule has 2 aliphatic heterocycles. The van der Waals surface area contributed by atoms with E-state index in [-0.39, 0.29) is 11.6 Å². The second-order valence-electron chi connectivity index (χ2n) is 5.97. The average molecular weight is 262 g/mol. The summed E-state index contributed by atoms with van der Waals surface area (Å²) in [5.74, 6) is 1.76. The van der Waals surface area contributed by atoms with Crippen LogP contribution in [0.15, 0.2) is 18.2 Å². The molecule has 0 bridgehead atoms. The van der Waals surface area contributed by atoms with Crippen molar-refractivity contribution in [2.24, 2.45) is 5.73 Å². The molecule has 2 unspecified atom stereocenters. The molecule has 1 aromatic carbocycles. The van der Waals surface area contributed by atoms with Crippen LogP contribution in [-0.4, -0.2) is 37.2 Å². The zero-order valence-electron chi connectivity index (χ0n) is 11.8. The van der Waals surface area contributed by atoms with Crippen LogP contribution in [0.3, 0.4) is 0 Å². The van der Waals surface area contributed by atoms with Gasteiger partial charge in [-0.15, -0.1) is 0 Å². The molecule has 1 fully saturated rings. The third kappa shape index (κ3) is 2.09. The molecule has 0 aliphatic carbocycles. The lowest BCUT2D eigenvalue weighted by Crippen LogP contribution is -2.44. The zero-order valence-corrected chi connectivity index (χ0v) is 11.8. The summed E-state index contributed by atoms with van der Waals surface area (Å²) in [5, 5.41) is 0. The molecule has 0 aromatic heterocycles. The molecular formula is C15H22N2O2. The Bertz CT molecular complexity index is 479. The molecule has 2 N–H and O–H groups in total. The minimum absolute atomic E-state index is 0.0255. The molecule has 0 amide bonds. The maximum atomic E-state index is 6.36. The largest absolute Gasteiger partial charge is 0.497 e. The summed E-state index contributed by atoms with van der Waals surface area (Å²) in [4.78, 5) is 2.35. The van der Waals surface area contributed by atoms with E-state index in [1.54, 1.807) is 7.11 Å². The molecule has 19 heavy (non-hydrogen) atoms. The third-order valence-electron chi connectivity index (χ3n) is 4.49. The van der Waals surface area contributed by atoms with Gasteiger partial charge in [0.2, 0.25) is 0 Å². The van der Waals surface area contributed by atoms with E-state index in [0.717, 1.165) is 36.4 Å². The molecule has 1 aromatic rings. The minimum atomic E-state index is -0.116. The highest BCUT2D eigenvalue weighted by molar-refractivity contribution is 5.44. The fourth-order valence-corrected chi connectivity index (χ4v) is 3.41. The topological polar surface area (TPSA) is 47.7 Å². The van der Waals surface area contributed by atoms with Crippen LogP contribution in [0.5, 0.6) is 11.5 Å². The maximum absolute atomic E-state index is 6.36. The highest BCUT2D eigenvalue weighted by atomic mass is 16.5. The van der Waals surface area contributed by atoms with Crippen LogP contribution in [0.25, 0.3) is 0 Å². The van der Waals surface area contributed by atoms with Crippen LogP contribution in [0.1, 0.15) is 31.4 Å². The van der Waals surface area contributed by atoms with E-state index in [1.807, 2.05) is 18.2 Å². The molecule has 0 radical (unpaired) electrons. The van der Waals surface area contributed by atoms with Crippen LogP contribution in [0.2, 0.25) is 0 Å². The predicted molar refractivity (Wildman–Crippen MR) is 74.6 cm³/mol. The SMILES string of the molecule is COc1ccc2c(c1)[C@@H](N)CC1(CC(C)N(C)C1)O2. The van der Waals surface area contributed by atoms with Crippen LogP contribution in [0.4, 0.5) is 0 Å². The van der Waals surface area contributed by atoms with Crippen molar-refractivity contribution < 1.29 is 9.47 Å². The van der Waals surface area contributed by atoms with E-state index in [0.29, 0.717) is 6.04 Å². The number of nitrogens with zero attached hydrogens (tertiary/aromatic N) is 1. The number of rotatable bonds is 1. The lowest BCUT2D eigenvalue weighted by atomic mass is 9.86. The third-order valence-corrected chi connectivity index (χ3v) is 4.49. The first-order valence-corrected chi connectivity index (χ1v) is 6.86. The van der Waals surface area contributed by atoms with E-state index in [9.17, 15) is 0 Å². The van der Waals surface area contributed by atoms with Crippen molar-refractivity contribution in [1.82, 2.24) is 4.90 Å². The number of ether oxygens (including phenoxy) is 2. The molecule has 0 saturated carbocycles. The highest BCUT2D eigenvalue weighted by Gasteiger charge is 2.47. The number of methoxy groups -OCH3 is 1. The van der Waals surface area contributed by atoms with Gasteiger partial charge in [-0.1, -0.05) is 0 Å². The van der Waals surface area contributed by atoms with Crippen molar-refractivity contribution in [3.8, 4) is 11.5 Å². The molecule has 2 heterocycles. The Balaban J connectivity index is 1.92. The molecule has 1 spiro atoms. The molecule has 3 rings (SSSR count). The first-order valence-electron chi connectivity index (χ1n) is 6.86. The predicted octanol–water partition coefficient (Wildman–Crippen LogP) is 1.94. The van der Waals surface area contributed by atoms with Gasteiger partial charge < -0.3 is 15.2 Å². The number of hydrogen-bond donors (Lipinski definition) is 1. The fraction of sp³-hybridized carbons (Fsp3) is 0.600. The van der Waals surface area contributed by atoms with Crippen LogP contribution in [0, 0.1) is 0 Å². The number of nitrogens with two attached hydrogens (primary N) is 1. The van der Waals surface area contributed by atoms with E-state index < -0.39 is 0 Å². The van der Waals surface area contributed by atoms with E-state index in [1.165, 1.54) is 0 Å². The maximum Gasteiger partial charge on any atom is 0.125 e. The second kappa shape index (κ2) is 4.39. The molecule has 4 heteroatoms. The first-order chi connectivity index (χ1) is 9.03. The standard InChI is InChI=1S/C15H22N2O2/c1-10-7-15(9-17(10)2)8-13(16)12-6-11(18-3)4-5-14(12)19-15/h4-6,10,13H,7-9,16H2,1-3H3/t10?,13-,15?/m0/s1. The quantitative estimate of drug-likeness (QED) is 0.840. The smallest absolute Gasteiger partial charge is 0.125 e. The Hall–Kier alpha value is -1.26. The van der Waals surface area contributed by atoms with Gasteiger partial charge in [-0.3, -0.25) is 4.90 Å². The Kier molecular flexibility index (Phi) is 2.95. The lowest BCUT2D eigenvalue weighted by molar-refractivity contribution is 0.0462. The van der Waals surface area contributed by atoms with Crippen LogP contribution >= 0.6 is 0 Å². The summed E-state index contributed by atoms with van der Waals surface area (Å²) in [6.07, 6.45) is 1.92. The van der Waals surface area contributed by atoms with Gasteiger partial charge in [0, 0.05) is 37.0 Å². The summed E-state index contributed by atoms with van der Waals surface area (Å²) in [5.41, 5.74) is 7.31. The number of benzene rings is 1. The summed E-state index contributed by atoms with van der Waals surface area (Å²) >= 11 is 0. The molecule has 1 saturated heterocycles. The van der Waals surface area contributed by atoms with Crippen molar-refractivity contribution in [2.75, 3.05) is 20.7 Å². The van der Waals surface area contributed by atoms with Gasteiger partial charge in [-0.05, 0) is 32.2 Å². The molecule has 4 nitrogen and oxygen atoms in total. The summed E-state index contributed by atoms with van der Waals surface area (Å²) in [6, 6.07) is 6.49. The normalized spacial score (nSPS) is 34.1. The second-order valence-corrected chi connectivity index (χ2v) is 5.97. The number of hydrogen-bond acceptors (Lipinski definition) is 4. The molecule has 2 aliphatic rings. The Morgan fingerprint density at radius 2 is 2.21 bits per heavy atom. The van der Waals surface area contributed by atoms with Gasteiger partial charge in [0.05, 0.1) is 7.11 Å². The van der Waals surface area contributed by atoms with Gasteiger partial charge in [-0.25, -0.2) is 0 Å². The van der Waals surface area contributed by atoms with Crippen molar-refractivity contribution >= 4 is 0 Å². The highest BCUT2D eigenvalue weighted by Crippen LogP contribution is 2.44. The first kappa shape index (κ1) is 12.8. The molecular weight excluding hydrogens is 240 g/mol. The van der Waals surface area contributed by atoms with Crippen LogP contribution in [-0.2, 0) is 0 Å². The Labute approximate surface area is 114 Å². The van der Waals surface area contributed by atoms with E-state index in [2.05, 4.69) is 18.9 Å². The lowest BCUT2D eigenvalue weighted by Gasteiger charge is -2.38. The molecule has 104 valence electrons. The number of likely N-dealkylation sites (tertiary alicyclic amines) is 1. The van der Waals surface area contributed by atoms with Gasteiger partial charge >= 0.3 is 0 Å². The summed E-state index contributed by atoms with van der Waals surface area (Å²) in [6.45, 7) is 3.19. The summed E-state index contributed by atoms with van der Waals surface area (Å²) < 4.78 is 11.6. The van der Waals surface area contributed by atoms with Crippen molar-refractivity contribution in [3.63, 3.8) is 0 Å². The minimum Gasteiger partial charge on any atom is -0.497 e. The fourth-order valence-electron chi connectivity index (χ4n) is 3.41. The van der Waals surface area contributed by atoms with Crippen molar-refractivity contribution in [1.29, 1.82) is 0 Å². The average Bonchev–Trinajstić information content (AvgIpc) is 2.63. The van der Waals surface area contributed by atoms with Crippen molar-refractivity contribution in [2.45, 2.75) is 37.5 Å². The van der Waals surface area contributed by atoms with E-state index in [4.69, 9.17) is 15.2 Å². The zero-order chi connectivity index (χ0) is 13.6. The van der Waals surface area contributed by atoms with Crippen molar-refractivity contribution in [3.05, 3.63) is 23.8 Å². The van der Waals surface area contributed by atoms with Gasteiger partial charge in [0.15, 0.2) is 0 Å². The Morgan fingerprint density at radius 3 is 2.84 bits per heavy atom. The molecule has 3 atom stereocenters. The summed E-state index contributed by atoms with van der Waals surface area (Å²) in [7, 11) is 3.82. The van der Waals surface area contributed by atoms with Gasteiger partial charge in [-0.2, -0.15) is 0 Å². The Morgan fingerprint density at radius 1 is 1.42 bits per heavy atom. The monoisotopic (exact) mass is 262 g/mol. The number of fused-ring (bicyclic) bond motifs is 1. The van der Waals surface area contributed by atoms with Crippen LogP contribution < -0.4 is 15.2 Å². The van der Waals surface area contributed by atoms with Gasteiger partial charge in [0.1, 0.15) is 17.1 Å². The van der Waals surface area contributed by atoms with Gasteiger partial charge in [0.25, 0.3) is 0 Å².